The Morgan fingerprint density at radius 1 is 1.77 bits per heavy atom. The molecule has 0 aliphatic carbocycles. The van der Waals surface area contributed by atoms with Crippen LogP contribution >= 0.6 is 0 Å². The fraction of sp³-hybridized carbons (Fsp3) is 0.333. The first-order valence-corrected chi connectivity index (χ1v) is 4.11. The number of nitrogens with two attached hydrogens (primary N) is 1. The summed E-state index contributed by atoms with van der Waals surface area (Å²) in [6.45, 7) is 2.07. The van der Waals surface area contributed by atoms with Crippen LogP contribution in [0.15, 0.2) is 29.0 Å². The standard InChI is InChI=1S/C9H12N2O2/c1-2-13-9(12)8-7(10)5-3-4-6-11-8/h4-6H,2-3,10H2,1H3. The van der Waals surface area contributed by atoms with Crippen molar-refractivity contribution in [1.29, 1.82) is 0 Å². The van der Waals surface area contributed by atoms with Crippen LogP contribution in [-0.4, -0.2) is 18.3 Å². The summed E-state index contributed by atoms with van der Waals surface area (Å²) in [6, 6.07) is 0. The van der Waals surface area contributed by atoms with Crippen molar-refractivity contribution in [3.05, 3.63) is 24.0 Å². The summed E-state index contributed by atoms with van der Waals surface area (Å²) in [5.74, 6) is -0.470. The van der Waals surface area contributed by atoms with E-state index >= 15 is 0 Å². The number of nitrogens with zero attached hydrogens (tertiary/aromatic N) is 1. The quantitative estimate of drug-likeness (QED) is 0.638. The first-order valence-electron chi connectivity index (χ1n) is 4.11. The van der Waals surface area contributed by atoms with E-state index in [1.165, 1.54) is 0 Å². The number of hydrogen-bond donors (Lipinski definition) is 1. The minimum atomic E-state index is -0.470. The lowest BCUT2D eigenvalue weighted by Gasteiger charge is -2.03. The monoisotopic (exact) mass is 180 g/mol. The van der Waals surface area contributed by atoms with Crippen LogP contribution in [0.5, 0.6) is 0 Å². The summed E-state index contributed by atoms with van der Waals surface area (Å²) in [6.07, 6.45) is 5.80. The molecule has 0 fully saturated rings. The van der Waals surface area contributed by atoms with E-state index in [4.69, 9.17) is 10.5 Å². The number of rotatable bonds is 2. The minimum absolute atomic E-state index is 0.190. The molecule has 1 aliphatic rings. The zero-order valence-electron chi connectivity index (χ0n) is 7.49. The zero-order chi connectivity index (χ0) is 9.68. The molecule has 0 saturated heterocycles. The van der Waals surface area contributed by atoms with Gasteiger partial charge in [-0.05, 0) is 13.3 Å². The third kappa shape index (κ3) is 2.43. The van der Waals surface area contributed by atoms with Gasteiger partial charge in [-0.2, -0.15) is 0 Å². The van der Waals surface area contributed by atoms with Gasteiger partial charge in [0, 0.05) is 6.20 Å². The van der Waals surface area contributed by atoms with Crippen molar-refractivity contribution >= 4 is 11.7 Å². The molecule has 0 aromatic heterocycles. The Hall–Kier alpha value is -1.58. The lowest BCUT2D eigenvalue weighted by atomic mass is 10.2. The van der Waals surface area contributed by atoms with Crippen molar-refractivity contribution in [3.8, 4) is 0 Å². The number of carbonyl (C=O) groups is 1. The summed E-state index contributed by atoms with van der Waals surface area (Å²) >= 11 is 0. The highest BCUT2D eigenvalue weighted by Crippen LogP contribution is 2.02. The number of allylic oxidation sites excluding steroid dienone is 2. The van der Waals surface area contributed by atoms with Gasteiger partial charge in [0.1, 0.15) is 0 Å². The molecule has 4 nitrogen and oxygen atoms in total. The molecule has 2 N–H and O–H groups in total. The molecular weight excluding hydrogens is 168 g/mol. The molecule has 0 aromatic carbocycles. The molecule has 0 unspecified atom stereocenters. The molecule has 1 rings (SSSR count). The normalized spacial score (nSPS) is 15.8. The summed E-state index contributed by atoms with van der Waals surface area (Å²) in [7, 11) is 0. The number of ether oxygens (including phenoxy) is 1. The van der Waals surface area contributed by atoms with Gasteiger partial charge < -0.3 is 10.5 Å². The Balaban J connectivity index is 2.81. The highest BCUT2D eigenvalue weighted by atomic mass is 16.5. The fourth-order valence-electron chi connectivity index (χ4n) is 0.924. The van der Waals surface area contributed by atoms with Crippen LogP contribution in [0.3, 0.4) is 0 Å². The van der Waals surface area contributed by atoms with Crippen LogP contribution in [0.25, 0.3) is 0 Å². The predicted octanol–water partition coefficient (Wildman–Crippen LogP) is 0.750. The minimum Gasteiger partial charge on any atom is -0.461 e. The third-order valence-electron chi connectivity index (χ3n) is 1.53. The van der Waals surface area contributed by atoms with E-state index in [2.05, 4.69) is 4.99 Å². The topological polar surface area (TPSA) is 64.7 Å². The molecule has 70 valence electrons. The second-order valence-electron chi connectivity index (χ2n) is 2.48. The number of aliphatic imine (C=N–C) groups is 1. The van der Waals surface area contributed by atoms with Gasteiger partial charge in [-0.25, -0.2) is 9.79 Å². The largest absolute Gasteiger partial charge is 0.461 e. The molecule has 1 aliphatic heterocycles. The molecule has 0 aromatic rings. The average Bonchev–Trinajstić information content (AvgIpc) is 2.30. The van der Waals surface area contributed by atoms with Crippen molar-refractivity contribution in [2.24, 2.45) is 10.7 Å². The first kappa shape index (κ1) is 9.51. The van der Waals surface area contributed by atoms with Gasteiger partial charge in [0.05, 0.1) is 12.3 Å². The lowest BCUT2D eigenvalue weighted by molar-refractivity contribution is -0.134. The van der Waals surface area contributed by atoms with Gasteiger partial charge in [0.15, 0.2) is 5.71 Å². The van der Waals surface area contributed by atoms with Crippen molar-refractivity contribution < 1.29 is 9.53 Å². The third-order valence-corrected chi connectivity index (χ3v) is 1.53. The van der Waals surface area contributed by atoms with Gasteiger partial charge in [-0.15, -0.1) is 0 Å². The molecule has 0 radical (unpaired) electrons. The second kappa shape index (κ2) is 4.45. The zero-order valence-corrected chi connectivity index (χ0v) is 7.49. The van der Waals surface area contributed by atoms with E-state index in [0.717, 1.165) is 0 Å². The molecule has 0 spiro atoms. The molecule has 4 heteroatoms. The Kier molecular flexibility index (Phi) is 3.25. The maximum atomic E-state index is 11.3. The van der Waals surface area contributed by atoms with Crippen molar-refractivity contribution in [2.75, 3.05) is 6.61 Å². The van der Waals surface area contributed by atoms with E-state index in [-0.39, 0.29) is 5.71 Å². The highest BCUT2D eigenvalue weighted by molar-refractivity contribution is 6.43. The van der Waals surface area contributed by atoms with Crippen LogP contribution in [0.4, 0.5) is 0 Å². The SMILES string of the molecule is CCOC(=O)C1=NC=CCC=C1N. The second-order valence-corrected chi connectivity index (χ2v) is 2.48. The molecular formula is C9H12N2O2. The Bertz CT molecular complexity index is 290. The number of hydrogen-bond acceptors (Lipinski definition) is 4. The molecule has 0 saturated carbocycles. The van der Waals surface area contributed by atoms with Gasteiger partial charge in [-0.1, -0.05) is 12.2 Å². The molecule has 0 amide bonds. The predicted molar refractivity (Wildman–Crippen MR) is 50.1 cm³/mol. The highest BCUT2D eigenvalue weighted by Gasteiger charge is 2.15. The van der Waals surface area contributed by atoms with Crippen LogP contribution < -0.4 is 5.73 Å². The smallest absolute Gasteiger partial charge is 0.359 e. The molecule has 0 bridgehead atoms. The van der Waals surface area contributed by atoms with Gasteiger partial charge in [0.2, 0.25) is 0 Å². The summed E-state index contributed by atoms with van der Waals surface area (Å²) in [5.41, 5.74) is 6.17. The van der Waals surface area contributed by atoms with Crippen LogP contribution in [0.2, 0.25) is 0 Å². The van der Waals surface area contributed by atoms with Gasteiger partial charge >= 0.3 is 5.97 Å². The summed E-state index contributed by atoms with van der Waals surface area (Å²) < 4.78 is 4.78. The van der Waals surface area contributed by atoms with Gasteiger partial charge in [-0.3, -0.25) is 0 Å². The van der Waals surface area contributed by atoms with Crippen molar-refractivity contribution in [3.63, 3.8) is 0 Å². The van der Waals surface area contributed by atoms with Crippen molar-refractivity contribution in [1.82, 2.24) is 0 Å². The van der Waals surface area contributed by atoms with Crippen LogP contribution in [0, 0.1) is 0 Å². The van der Waals surface area contributed by atoms with Crippen LogP contribution in [0.1, 0.15) is 13.3 Å². The number of carbonyl (C=O) groups excluding carboxylic acids is 1. The number of esters is 1. The maximum Gasteiger partial charge on any atom is 0.359 e. The summed E-state index contributed by atoms with van der Waals surface area (Å²) in [5, 5.41) is 0. The van der Waals surface area contributed by atoms with E-state index in [1.807, 2.05) is 6.08 Å². The Labute approximate surface area is 76.8 Å². The lowest BCUT2D eigenvalue weighted by Crippen LogP contribution is -2.23. The van der Waals surface area contributed by atoms with Gasteiger partial charge in [0.25, 0.3) is 0 Å². The average molecular weight is 180 g/mol. The van der Waals surface area contributed by atoms with E-state index in [0.29, 0.717) is 18.7 Å². The van der Waals surface area contributed by atoms with E-state index < -0.39 is 5.97 Å². The molecule has 1 heterocycles. The fourth-order valence-corrected chi connectivity index (χ4v) is 0.924. The maximum absolute atomic E-state index is 11.3. The summed E-state index contributed by atoms with van der Waals surface area (Å²) in [4.78, 5) is 15.1. The van der Waals surface area contributed by atoms with E-state index in [1.54, 1.807) is 19.2 Å². The first-order chi connectivity index (χ1) is 6.25. The van der Waals surface area contributed by atoms with E-state index in [9.17, 15) is 4.79 Å². The molecule has 0 atom stereocenters. The van der Waals surface area contributed by atoms with Crippen molar-refractivity contribution in [2.45, 2.75) is 13.3 Å². The Morgan fingerprint density at radius 2 is 2.54 bits per heavy atom. The molecule has 13 heavy (non-hydrogen) atoms. The van der Waals surface area contributed by atoms with Crippen LogP contribution in [-0.2, 0) is 9.53 Å². The Morgan fingerprint density at radius 3 is 3.23 bits per heavy atom.